The minimum atomic E-state index is -0.563. The number of hydrogen-bond acceptors (Lipinski definition) is 4. The zero-order valence-corrected chi connectivity index (χ0v) is 13.4. The number of fused-ring (bicyclic) bond motifs is 1. The predicted octanol–water partition coefficient (Wildman–Crippen LogP) is 3.95. The summed E-state index contributed by atoms with van der Waals surface area (Å²) in [7, 11) is 0. The number of pyridine rings is 2. The van der Waals surface area contributed by atoms with Gasteiger partial charge in [-0.2, -0.15) is 10.5 Å². The highest BCUT2D eigenvalue weighted by Crippen LogP contribution is 2.31. The second-order valence-electron chi connectivity index (χ2n) is 5.61. The van der Waals surface area contributed by atoms with Gasteiger partial charge in [0.2, 0.25) is 0 Å². The Morgan fingerprint density at radius 3 is 2.62 bits per heavy atom. The largest absolute Gasteiger partial charge is 0.291 e. The van der Waals surface area contributed by atoms with Crippen molar-refractivity contribution in [1.82, 2.24) is 14.4 Å². The van der Waals surface area contributed by atoms with Crippen molar-refractivity contribution >= 4 is 5.65 Å². The molecule has 0 spiro atoms. The molecule has 0 aliphatic rings. The van der Waals surface area contributed by atoms with Crippen molar-refractivity contribution in [3.63, 3.8) is 0 Å². The lowest BCUT2D eigenvalue weighted by molar-refractivity contribution is 0.624. The van der Waals surface area contributed by atoms with Crippen molar-refractivity contribution < 1.29 is 4.39 Å². The average Bonchev–Trinajstić information content (AvgIpc) is 3.10. The van der Waals surface area contributed by atoms with Crippen molar-refractivity contribution in [3.8, 4) is 34.5 Å². The Hall–Kier alpha value is -4.03. The Kier molecular flexibility index (Phi) is 3.65. The van der Waals surface area contributed by atoms with Gasteiger partial charge >= 0.3 is 0 Å². The van der Waals surface area contributed by atoms with Gasteiger partial charge in [-0.15, -0.1) is 0 Å². The van der Waals surface area contributed by atoms with Gasteiger partial charge in [0.05, 0.1) is 17.5 Å². The van der Waals surface area contributed by atoms with Gasteiger partial charge in [-0.25, -0.2) is 9.37 Å². The second-order valence-corrected chi connectivity index (χ2v) is 5.61. The smallest absolute Gasteiger partial charge is 0.144 e. The highest BCUT2D eigenvalue weighted by molar-refractivity contribution is 5.81. The summed E-state index contributed by atoms with van der Waals surface area (Å²) in [5.74, 6) is -0.563. The molecule has 0 fully saturated rings. The SMILES string of the molecule is N#Cc1cc(-c2ncccc2-c2ccc3ncc(C#N)n3c2)ccc1F. The number of halogens is 1. The van der Waals surface area contributed by atoms with Gasteiger partial charge in [-0.1, -0.05) is 6.07 Å². The quantitative estimate of drug-likeness (QED) is 0.554. The van der Waals surface area contributed by atoms with Gasteiger partial charge in [-0.3, -0.25) is 9.38 Å². The molecule has 0 atom stereocenters. The first-order valence-electron chi connectivity index (χ1n) is 7.74. The van der Waals surface area contributed by atoms with Gasteiger partial charge in [0.25, 0.3) is 0 Å². The maximum atomic E-state index is 13.6. The molecule has 0 aliphatic heterocycles. The summed E-state index contributed by atoms with van der Waals surface area (Å²) in [6.07, 6.45) is 4.98. The fraction of sp³-hybridized carbons (Fsp3) is 0. The molecule has 3 heterocycles. The molecule has 0 saturated heterocycles. The maximum absolute atomic E-state index is 13.6. The molecule has 0 saturated carbocycles. The molecule has 0 N–H and O–H groups in total. The van der Waals surface area contributed by atoms with Crippen LogP contribution in [0.3, 0.4) is 0 Å². The van der Waals surface area contributed by atoms with E-state index in [-0.39, 0.29) is 5.56 Å². The summed E-state index contributed by atoms with van der Waals surface area (Å²) < 4.78 is 15.4. The summed E-state index contributed by atoms with van der Waals surface area (Å²) in [4.78, 5) is 8.60. The standard InChI is InChI=1S/C20H10FN5/c21-18-5-3-13(8-15(18)9-22)20-17(2-1-7-24-20)14-4-6-19-25-11-16(10-23)26(19)12-14/h1-8,11-12H. The van der Waals surface area contributed by atoms with Crippen molar-refractivity contribution in [3.05, 3.63) is 78.1 Å². The second kappa shape index (κ2) is 6.12. The minimum Gasteiger partial charge on any atom is -0.291 e. The molecule has 6 heteroatoms. The third-order valence-electron chi connectivity index (χ3n) is 4.10. The molecule has 4 aromatic rings. The van der Waals surface area contributed by atoms with Crippen LogP contribution < -0.4 is 0 Å². The van der Waals surface area contributed by atoms with Crippen molar-refractivity contribution in [1.29, 1.82) is 10.5 Å². The Balaban J connectivity index is 1.92. The van der Waals surface area contributed by atoms with Crippen molar-refractivity contribution in [2.75, 3.05) is 0 Å². The molecule has 4 rings (SSSR count). The molecular weight excluding hydrogens is 329 g/mol. The first-order chi connectivity index (χ1) is 12.7. The van der Waals surface area contributed by atoms with Gasteiger partial charge in [0, 0.05) is 29.1 Å². The van der Waals surface area contributed by atoms with Crippen LogP contribution in [-0.4, -0.2) is 14.4 Å². The van der Waals surface area contributed by atoms with E-state index >= 15 is 0 Å². The number of aromatic nitrogens is 3. The zero-order chi connectivity index (χ0) is 18.1. The number of nitriles is 2. The fourth-order valence-corrected chi connectivity index (χ4v) is 2.85. The maximum Gasteiger partial charge on any atom is 0.144 e. The van der Waals surface area contributed by atoms with Crippen LogP contribution >= 0.6 is 0 Å². The molecule has 26 heavy (non-hydrogen) atoms. The van der Waals surface area contributed by atoms with E-state index in [1.165, 1.54) is 18.3 Å². The Labute approximate surface area is 148 Å². The number of nitrogens with zero attached hydrogens (tertiary/aromatic N) is 5. The molecule has 0 bridgehead atoms. The van der Waals surface area contributed by atoms with Gasteiger partial charge in [-0.05, 0) is 36.4 Å². The highest BCUT2D eigenvalue weighted by atomic mass is 19.1. The average molecular weight is 339 g/mol. The van der Waals surface area contributed by atoms with Crippen LogP contribution in [0.15, 0.2) is 61.1 Å². The fourth-order valence-electron chi connectivity index (χ4n) is 2.85. The first-order valence-corrected chi connectivity index (χ1v) is 7.74. The highest BCUT2D eigenvalue weighted by Gasteiger charge is 2.12. The third kappa shape index (κ3) is 2.47. The molecule has 0 amide bonds. The zero-order valence-electron chi connectivity index (χ0n) is 13.4. The summed E-state index contributed by atoms with van der Waals surface area (Å²) in [6.45, 7) is 0. The monoisotopic (exact) mass is 339 g/mol. The van der Waals surface area contributed by atoms with E-state index in [2.05, 4.69) is 16.0 Å². The molecule has 1 aromatic carbocycles. The van der Waals surface area contributed by atoms with E-state index in [0.29, 0.717) is 22.6 Å². The third-order valence-corrected chi connectivity index (χ3v) is 4.10. The lowest BCUT2D eigenvalue weighted by Gasteiger charge is -2.10. The van der Waals surface area contributed by atoms with Crippen molar-refractivity contribution in [2.45, 2.75) is 0 Å². The van der Waals surface area contributed by atoms with Crippen LogP contribution in [0.5, 0.6) is 0 Å². The summed E-state index contributed by atoms with van der Waals surface area (Å²) >= 11 is 0. The molecule has 0 aliphatic carbocycles. The Morgan fingerprint density at radius 2 is 1.81 bits per heavy atom. The number of hydrogen-bond donors (Lipinski definition) is 0. The summed E-state index contributed by atoms with van der Waals surface area (Å²) in [5.41, 5.74) is 3.98. The van der Waals surface area contributed by atoms with Crippen LogP contribution in [0.25, 0.3) is 28.0 Å². The van der Waals surface area contributed by atoms with E-state index in [1.807, 2.05) is 30.5 Å². The van der Waals surface area contributed by atoms with Crippen LogP contribution in [-0.2, 0) is 0 Å². The Morgan fingerprint density at radius 1 is 0.962 bits per heavy atom. The van der Waals surface area contributed by atoms with Gasteiger partial charge in [0.1, 0.15) is 29.3 Å². The lowest BCUT2D eigenvalue weighted by atomic mass is 9.99. The predicted molar refractivity (Wildman–Crippen MR) is 93.2 cm³/mol. The molecule has 5 nitrogen and oxygen atoms in total. The van der Waals surface area contributed by atoms with Crippen LogP contribution in [0.4, 0.5) is 4.39 Å². The molecule has 3 aromatic heterocycles. The number of imidazole rings is 1. The van der Waals surface area contributed by atoms with E-state index in [9.17, 15) is 9.65 Å². The summed E-state index contributed by atoms with van der Waals surface area (Å²) in [5, 5.41) is 18.3. The molecule has 0 radical (unpaired) electrons. The lowest BCUT2D eigenvalue weighted by Crippen LogP contribution is -1.94. The Bertz CT molecular complexity index is 1230. The van der Waals surface area contributed by atoms with Crippen LogP contribution in [0.2, 0.25) is 0 Å². The normalized spacial score (nSPS) is 10.4. The van der Waals surface area contributed by atoms with Gasteiger partial charge < -0.3 is 0 Å². The topological polar surface area (TPSA) is 77.8 Å². The van der Waals surface area contributed by atoms with E-state index in [0.717, 1.165) is 11.1 Å². The number of benzene rings is 1. The van der Waals surface area contributed by atoms with Gasteiger partial charge in [0.15, 0.2) is 0 Å². The van der Waals surface area contributed by atoms with E-state index < -0.39 is 5.82 Å². The molecule has 122 valence electrons. The molecular formula is C20H10FN5. The van der Waals surface area contributed by atoms with E-state index in [4.69, 9.17) is 5.26 Å². The minimum absolute atomic E-state index is 0.0315. The van der Waals surface area contributed by atoms with E-state index in [1.54, 1.807) is 22.7 Å². The van der Waals surface area contributed by atoms with Crippen molar-refractivity contribution in [2.24, 2.45) is 0 Å². The van der Waals surface area contributed by atoms with Crippen LogP contribution in [0.1, 0.15) is 11.3 Å². The molecule has 0 unspecified atom stereocenters. The first kappa shape index (κ1) is 15.5. The van der Waals surface area contributed by atoms with Crippen LogP contribution in [0, 0.1) is 28.5 Å². The summed E-state index contributed by atoms with van der Waals surface area (Å²) in [6, 6.07) is 15.7. The number of rotatable bonds is 2.